The maximum atomic E-state index is 12.0. The van der Waals surface area contributed by atoms with E-state index in [4.69, 9.17) is 0 Å². The molecule has 1 fully saturated rings. The van der Waals surface area contributed by atoms with Gasteiger partial charge in [0.2, 0.25) is 5.95 Å². The van der Waals surface area contributed by atoms with Gasteiger partial charge in [0, 0.05) is 18.8 Å². The Morgan fingerprint density at radius 1 is 1.41 bits per heavy atom. The Balaban J connectivity index is 1.91. The van der Waals surface area contributed by atoms with E-state index in [1.807, 2.05) is 0 Å². The number of nitrogens with zero attached hydrogens (tertiary/aromatic N) is 2. The van der Waals surface area contributed by atoms with Gasteiger partial charge in [-0.25, -0.2) is 18.4 Å². The summed E-state index contributed by atoms with van der Waals surface area (Å²) in [5, 5.41) is 5.80. The highest BCUT2D eigenvalue weighted by atomic mass is 32.2. The van der Waals surface area contributed by atoms with Crippen molar-refractivity contribution in [1.29, 1.82) is 0 Å². The van der Waals surface area contributed by atoms with Crippen molar-refractivity contribution < 1.29 is 13.2 Å². The molecule has 7 nitrogen and oxygen atoms in total. The minimum Gasteiger partial charge on any atom is -0.351 e. The lowest BCUT2D eigenvalue weighted by atomic mass is 10.2. The van der Waals surface area contributed by atoms with Crippen LogP contribution in [0, 0.1) is 0 Å². The Bertz CT molecular complexity index is 618. The number of nitrogens with one attached hydrogen (secondary N) is 2. The first-order valence-corrected chi connectivity index (χ1v) is 9.40. The standard InChI is InChI=1S/C14H22N4O3S/c1-2-3-4-7-15-13(19)12-5-8-16-14(18-12)17-11-6-9-22(20,21)10-11/h5,8,11H,2-4,6-7,9-10H2,1H3,(H,15,19)(H,16,17,18). The summed E-state index contributed by atoms with van der Waals surface area (Å²) in [7, 11) is -2.96. The van der Waals surface area contributed by atoms with E-state index < -0.39 is 9.84 Å². The SMILES string of the molecule is CCCCCNC(=O)c1ccnc(NC2CCS(=O)(=O)C2)n1. The molecule has 2 rings (SSSR count). The lowest BCUT2D eigenvalue weighted by Gasteiger charge is -2.11. The molecule has 22 heavy (non-hydrogen) atoms. The van der Waals surface area contributed by atoms with Gasteiger partial charge in [0.25, 0.3) is 5.91 Å². The van der Waals surface area contributed by atoms with Crippen LogP contribution in [0.5, 0.6) is 0 Å². The topological polar surface area (TPSA) is 101 Å². The molecule has 2 N–H and O–H groups in total. The van der Waals surface area contributed by atoms with E-state index in [1.54, 1.807) is 6.07 Å². The third-order valence-corrected chi connectivity index (χ3v) is 5.29. The molecule has 1 aromatic rings. The summed E-state index contributed by atoms with van der Waals surface area (Å²) >= 11 is 0. The fraction of sp³-hybridized carbons (Fsp3) is 0.643. The molecule has 0 spiro atoms. The summed E-state index contributed by atoms with van der Waals surface area (Å²) in [4.78, 5) is 20.2. The largest absolute Gasteiger partial charge is 0.351 e. The van der Waals surface area contributed by atoms with E-state index in [9.17, 15) is 13.2 Å². The quantitative estimate of drug-likeness (QED) is 0.725. The van der Waals surface area contributed by atoms with Gasteiger partial charge >= 0.3 is 0 Å². The molecular weight excluding hydrogens is 304 g/mol. The fourth-order valence-corrected chi connectivity index (χ4v) is 3.99. The molecule has 0 radical (unpaired) electrons. The van der Waals surface area contributed by atoms with Crippen LogP contribution in [0.3, 0.4) is 0 Å². The normalized spacial score (nSPS) is 19.8. The minimum absolute atomic E-state index is 0.0871. The molecule has 1 atom stereocenters. The van der Waals surface area contributed by atoms with Crippen LogP contribution in [-0.4, -0.2) is 48.4 Å². The van der Waals surface area contributed by atoms with Crippen molar-refractivity contribution in [3.63, 3.8) is 0 Å². The van der Waals surface area contributed by atoms with Crippen LogP contribution in [-0.2, 0) is 9.84 Å². The number of unbranched alkanes of at least 4 members (excludes halogenated alkanes) is 2. The van der Waals surface area contributed by atoms with Gasteiger partial charge in [0.1, 0.15) is 5.69 Å². The first-order valence-electron chi connectivity index (χ1n) is 7.58. The van der Waals surface area contributed by atoms with Crippen molar-refractivity contribution in [2.75, 3.05) is 23.4 Å². The molecule has 122 valence electrons. The van der Waals surface area contributed by atoms with Crippen molar-refractivity contribution in [1.82, 2.24) is 15.3 Å². The molecule has 2 heterocycles. The highest BCUT2D eigenvalue weighted by molar-refractivity contribution is 7.91. The van der Waals surface area contributed by atoms with Gasteiger partial charge in [-0.3, -0.25) is 4.79 Å². The second-order valence-electron chi connectivity index (χ2n) is 5.47. The predicted molar refractivity (Wildman–Crippen MR) is 84.6 cm³/mol. The number of carbonyl (C=O) groups is 1. The number of hydrogen-bond acceptors (Lipinski definition) is 6. The summed E-state index contributed by atoms with van der Waals surface area (Å²) in [5.74, 6) is 0.329. The molecular formula is C14H22N4O3S. The third kappa shape index (κ3) is 4.94. The number of aromatic nitrogens is 2. The molecule has 0 saturated carbocycles. The Morgan fingerprint density at radius 2 is 2.23 bits per heavy atom. The van der Waals surface area contributed by atoms with Gasteiger partial charge in [-0.1, -0.05) is 19.8 Å². The molecule has 0 aromatic carbocycles. The van der Waals surface area contributed by atoms with Crippen LogP contribution in [0.4, 0.5) is 5.95 Å². The average molecular weight is 326 g/mol. The second-order valence-corrected chi connectivity index (χ2v) is 7.70. The minimum atomic E-state index is -2.96. The van der Waals surface area contributed by atoms with Crippen molar-refractivity contribution >= 4 is 21.7 Å². The molecule has 1 amide bonds. The molecule has 1 aromatic heterocycles. The lowest BCUT2D eigenvalue weighted by molar-refractivity contribution is 0.0948. The van der Waals surface area contributed by atoms with Crippen LogP contribution >= 0.6 is 0 Å². The van der Waals surface area contributed by atoms with E-state index in [2.05, 4.69) is 27.5 Å². The van der Waals surface area contributed by atoms with Crippen LogP contribution in [0.1, 0.15) is 43.1 Å². The molecule has 1 saturated heterocycles. The van der Waals surface area contributed by atoms with E-state index >= 15 is 0 Å². The molecule has 8 heteroatoms. The molecule has 1 unspecified atom stereocenters. The van der Waals surface area contributed by atoms with Gasteiger partial charge in [-0.15, -0.1) is 0 Å². The van der Waals surface area contributed by atoms with E-state index in [-0.39, 0.29) is 29.1 Å². The van der Waals surface area contributed by atoms with Gasteiger partial charge in [-0.05, 0) is 18.9 Å². The van der Waals surface area contributed by atoms with Gasteiger partial charge in [0.15, 0.2) is 9.84 Å². The van der Waals surface area contributed by atoms with Crippen molar-refractivity contribution in [2.45, 2.75) is 38.6 Å². The summed E-state index contributed by atoms with van der Waals surface area (Å²) in [6.45, 7) is 2.73. The first-order chi connectivity index (χ1) is 10.5. The van der Waals surface area contributed by atoms with Gasteiger partial charge < -0.3 is 10.6 Å². The molecule has 0 bridgehead atoms. The Morgan fingerprint density at radius 3 is 2.91 bits per heavy atom. The van der Waals surface area contributed by atoms with Crippen LogP contribution < -0.4 is 10.6 Å². The molecule has 0 aliphatic carbocycles. The van der Waals surface area contributed by atoms with Crippen molar-refractivity contribution in [2.24, 2.45) is 0 Å². The Kier molecular flexibility index (Phi) is 5.70. The number of hydrogen-bond donors (Lipinski definition) is 2. The van der Waals surface area contributed by atoms with E-state index in [0.29, 0.717) is 18.9 Å². The second kappa shape index (κ2) is 7.53. The predicted octanol–water partition coefficient (Wildman–Crippen LogP) is 0.996. The molecule has 1 aliphatic rings. The Hall–Kier alpha value is -1.70. The highest BCUT2D eigenvalue weighted by Gasteiger charge is 2.28. The number of rotatable bonds is 7. The highest BCUT2D eigenvalue weighted by Crippen LogP contribution is 2.15. The van der Waals surface area contributed by atoms with Crippen LogP contribution in [0.25, 0.3) is 0 Å². The summed E-state index contributed by atoms with van der Waals surface area (Å²) in [6.07, 6.45) is 5.16. The van der Waals surface area contributed by atoms with E-state index in [1.165, 1.54) is 6.20 Å². The zero-order valence-electron chi connectivity index (χ0n) is 12.7. The first kappa shape index (κ1) is 16.7. The molecule has 1 aliphatic heterocycles. The van der Waals surface area contributed by atoms with Crippen LogP contribution in [0.15, 0.2) is 12.3 Å². The Labute approximate surface area is 130 Å². The summed E-state index contributed by atoms with van der Waals surface area (Å²) in [5.41, 5.74) is 0.287. The van der Waals surface area contributed by atoms with Crippen molar-refractivity contribution in [3.8, 4) is 0 Å². The zero-order chi connectivity index (χ0) is 16.0. The maximum Gasteiger partial charge on any atom is 0.270 e. The average Bonchev–Trinajstić information content (AvgIpc) is 2.82. The van der Waals surface area contributed by atoms with Gasteiger partial charge in [0.05, 0.1) is 11.5 Å². The fourth-order valence-electron chi connectivity index (χ4n) is 2.31. The summed E-state index contributed by atoms with van der Waals surface area (Å²) in [6, 6.07) is 1.36. The third-order valence-electron chi connectivity index (χ3n) is 3.52. The maximum absolute atomic E-state index is 12.0. The van der Waals surface area contributed by atoms with E-state index in [0.717, 1.165) is 19.3 Å². The number of amides is 1. The van der Waals surface area contributed by atoms with Gasteiger partial charge in [-0.2, -0.15) is 0 Å². The number of sulfone groups is 1. The number of anilines is 1. The van der Waals surface area contributed by atoms with Crippen LogP contribution in [0.2, 0.25) is 0 Å². The van der Waals surface area contributed by atoms with Crippen molar-refractivity contribution in [3.05, 3.63) is 18.0 Å². The smallest absolute Gasteiger partial charge is 0.270 e. The number of carbonyl (C=O) groups excluding carboxylic acids is 1. The zero-order valence-corrected chi connectivity index (χ0v) is 13.5. The summed E-state index contributed by atoms with van der Waals surface area (Å²) < 4.78 is 22.9. The lowest BCUT2D eigenvalue weighted by Crippen LogP contribution is -2.27. The monoisotopic (exact) mass is 326 g/mol.